The quantitative estimate of drug-likeness (QED) is 0.773. The summed E-state index contributed by atoms with van der Waals surface area (Å²) in [4.78, 5) is 14.3. The van der Waals surface area contributed by atoms with Crippen LogP contribution in [0.15, 0.2) is 17.1 Å². The third kappa shape index (κ3) is 1.81. The standard InChI is InChI=1S/C14H21NO/c1-9(2)10-5-6-14(3,4)12-7-13(16)15-8-11(10)12/h7-10H,5-6H2,1-4H3,(H,15,16). The Labute approximate surface area is 97.1 Å². The van der Waals surface area contributed by atoms with E-state index in [0.717, 1.165) is 0 Å². The molecule has 2 nitrogen and oxygen atoms in total. The highest BCUT2D eigenvalue weighted by molar-refractivity contribution is 5.36. The van der Waals surface area contributed by atoms with E-state index in [2.05, 4.69) is 32.7 Å². The predicted molar refractivity (Wildman–Crippen MR) is 66.9 cm³/mol. The van der Waals surface area contributed by atoms with Crippen LogP contribution in [0.2, 0.25) is 0 Å². The highest BCUT2D eigenvalue weighted by Crippen LogP contribution is 2.44. The molecular weight excluding hydrogens is 198 g/mol. The second-order valence-electron chi connectivity index (χ2n) is 5.94. The molecule has 1 aromatic heterocycles. The van der Waals surface area contributed by atoms with Gasteiger partial charge in [0, 0.05) is 12.3 Å². The average Bonchev–Trinajstić information content (AvgIpc) is 2.18. The van der Waals surface area contributed by atoms with Gasteiger partial charge >= 0.3 is 0 Å². The van der Waals surface area contributed by atoms with Crippen LogP contribution in [0.25, 0.3) is 0 Å². The summed E-state index contributed by atoms with van der Waals surface area (Å²) in [6.07, 6.45) is 4.33. The monoisotopic (exact) mass is 219 g/mol. The summed E-state index contributed by atoms with van der Waals surface area (Å²) in [7, 11) is 0. The maximum atomic E-state index is 11.5. The molecule has 2 rings (SSSR count). The summed E-state index contributed by atoms with van der Waals surface area (Å²) in [5, 5.41) is 0. The summed E-state index contributed by atoms with van der Waals surface area (Å²) >= 11 is 0. The number of rotatable bonds is 1. The van der Waals surface area contributed by atoms with Crippen molar-refractivity contribution in [2.24, 2.45) is 5.92 Å². The van der Waals surface area contributed by atoms with Gasteiger partial charge in [-0.05, 0) is 41.2 Å². The summed E-state index contributed by atoms with van der Waals surface area (Å²) in [6.45, 7) is 9.00. The zero-order valence-electron chi connectivity index (χ0n) is 10.6. The summed E-state index contributed by atoms with van der Waals surface area (Å²) in [6, 6.07) is 1.80. The molecule has 0 amide bonds. The third-order valence-corrected chi connectivity index (χ3v) is 3.97. The molecule has 0 aliphatic heterocycles. The van der Waals surface area contributed by atoms with Gasteiger partial charge in [-0.3, -0.25) is 4.79 Å². The first-order valence-electron chi connectivity index (χ1n) is 6.15. The third-order valence-electron chi connectivity index (χ3n) is 3.97. The topological polar surface area (TPSA) is 32.9 Å². The van der Waals surface area contributed by atoms with E-state index in [0.29, 0.717) is 11.8 Å². The van der Waals surface area contributed by atoms with Gasteiger partial charge in [0.05, 0.1) is 0 Å². The molecule has 1 aliphatic rings. The lowest BCUT2D eigenvalue weighted by Gasteiger charge is -2.38. The molecule has 0 spiro atoms. The second-order valence-corrected chi connectivity index (χ2v) is 5.94. The van der Waals surface area contributed by atoms with E-state index < -0.39 is 0 Å². The van der Waals surface area contributed by atoms with Crippen molar-refractivity contribution in [3.63, 3.8) is 0 Å². The molecule has 1 aliphatic carbocycles. The molecule has 16 heavy (non-hydrogen) atoms. The fourth-order valence-corrected chi connectivity index (χ4v) is 2.87. The van der Waals surface area contributed by atoms with Crippen molar-refractivity contribution in [2.45, 2.75) is 51.9 Å². The van der Waals surface area contributed by atoms with E-state index in [1.54, 1.807) is 6.07 Å². The number of H-pyrrole nitrogens is 1. The van der Waals surface area contributed by atoms with Gasteiger partial charge in [-0.1, -0.05) is 27.7 Å². The van der Waals surface area contributed by atoms with Crippen LogP contribution in [0.4, 0.5) is 0 Å². The zero-order chi connectivity index (χ0) is 11.9. The molecule has 0 fully saturated rings. The number of aromatic amines is 1. The smallest absolute Gasteiger partial charge is 0.248 e. The van der Waals surface area contributed by atoms with Gasteiger partial charge in [0.25, 0.3) is 0 Å². The van der Waals surface area contributed by atoms with Crippen LogP contribution in [0, 0.1) is 5.92 Å². The minimum atomic E-state index is 0.0243. The molecule has 1 unspecified atom stereocenters. The van der Waals surface area contributed by atoms with E-state index >= 15 is 0 Å². The molecule has 1 aromatic rings. The van der Waals surface area contributed by atoms with Crippen LogP contribution < -0.4 is 5.56 Å². The van der Waals surface area contributed by atoms with E-state index in [4.69, 9.17) is 0 Å². The van der Waals surface area contributed by atoms with Gasteiger partial charge in [-0.25, -0.2) is 0 Å². The van der Waals surface area contributed by atoms with Gasteiger partial charge in [0.1, 0.15) is 0 Å². The number of aromatic nitrogens is 1. The fourth-order valence-electron chi connectivity index (χ4n) is 2.87. The number of pyridine rings is 1. The lowest BCUT2D eigenvalue weighted by molar-refractivity contribution is 0.344. The van der Waals surface area contributed by atoms with Crippen LogP contribution >= 0.6 is 0 Å². The molecule has 0 saturated heterocycles. The largest absolute Gasteiger partial charge is 0.329 e. The van der Waals surface area contributed by atoms with E-state index in [9.17, 15) is 4.79 Å². The summed E-state index contributed by atoms with van der Waals surface area (Å²) < 4.78 is 0. The van der Waals surface area contributed by atoms with Gasteiger partial charge in [-0.15, -0.1) is 0 Å². The van der Waals surface area contributed by atoms with E-state index in [1.807, 2.05) is 6.20 Å². The highest BCUT2D eigenvalue weighted by atomic mass is 16.1. The minimum absolute atomic E-state index is 0.0243. The molecule has 88 valence electrons. The molecular formula is C14H21NO. The molecule has 0 aromatic carbocycles. The Morgan fingerprint density at radius 2 is 2.12 bits per heavy atom. The van der Waals surface area contributed by atoms with Crippen molar-refractivity contribution in [1.82, 2.24) is 4.98 Å². The summed E-state index contributed by atoms with van der Waals surface area (Å²) in [5.41, 5.74) is 2.78. The van der Waals surface area contributed by atoms with Crippen LogP contribution in [0.1, 0.15) is 57.6 Å². The Morgan fingerprint density at radius 3 is 2.75 bits per heavy atom. The summed E-state index contributed by atoms with van der Waals surface area (Å²) in [5.74, 6) is 1.24. The predicted octanol–water partition coefficient (Wildman–Crippen LogP) is 3.19. The highest BCUT2D eigenvalue weighted by Gasteiger charge is 2.33. The van der Waals surface area contributed by atoms with Crippen LogP contribution in [0.3, 0.4) is 0 Å². The number of hydrogen-bond acceptors (Lipinski definition) is 1. The van der Waals surface area contributed by atoms with Crippen molar-refractivity contribution in [3.8, 4) is 0 Å². The molecule has 1 heterocycles. The second kappa shape index (κ2) is 3.76. The Balaban J connectivity index is 2.58. The first-order chi connectivity index (χ1) is 7.42. The van der Waals surface area contributed by atoms with Crippen LogP contribution in [-0.2, 0) is 5.41 Å². The van der Waals surface area contributed by atoms with Gasteiger partial charge < -0.3 is 4.98 Å². The number of nitrogens with one attached hydrogen (secondary N) is 1. The lowest BCUT2D eigenvalue weighted by atomic mass is 9.67. The minimum Gasteiger partial charge on any atom is -0.329 e. The van der Waals surface area contributed by atoms with Gasteiger partial charge in [0.15, 0.2) is 0 Å². The Morgan fingerprint density at radius 1 is 1.44 bits per heavy atom. The first kappa shape index (κ1) is 11.4. The maximum absolute atomic E-state index is 11.5. The van der Waals surface area contributed by atoms with Gasteiger partial charge in [0.2, 0.25) is 5.56 Å². The van der Waals surface area contributed by atoms with Crippen molar-refractivity contribution in [3.05, 3.63) is 33.7 Å². The Bertz CT molecular complexity index is 442. The van der Waals surface area contributed by atoms with Crippen molar-refractivity contribution in [1.29, 1.82) is 0 Å². The Kier molecular flexibility index (Phi) is 2.69. The molecule has 0 radical (unpaired) electrons. The SMILES string of the molecule is CC(C)C1CCC(C)(C)c2cc(=O)[nH]cc21. The van der Waals surface area contributed by atoms with E-state index in [1.165, 1.54) is 24.0 Å². The van der Waals surface area contributed by atoms with Crippen molar-refractivity contribution in [2.75, 3.05) is 0 Å². The maximum Gasteiger partial charge on any atom is 0.248 e. The van der Waals surface area contributed by atoms with Crippen molar-refractivity contribution >= 4 is 0 Å². The molecule has 0 saturated carbocycles. The molecule has 0 bridgehead atoms. The first-order valence-corrected chi connectivity index (χ1v) is 6.15. The molecule has 2 heteroatoms. The van der Waals surface area contributed by atoms with Crippen LogP contribution in [0.5, 0.6) is 0 Å². The van der Waals surface area contributed by atoms with Crippen molar-refractivity contribution < 1.29 is 0 Å². The van der Waals surface area contributed by atoms with E-state index in [-0.39, 0.29) is 11.0 Å². The number of hydrogen-bond donors (Lipinski definition) is 1. The normalized spacial score (nSPS) is 23.2. The number of fused-ring (bicyclic) bond motifs is 1. The fraction of sp³-hybridized carbons (Fsp3) is 0.643. The lowest BCUT2D eigenvalue weighted by Crippen LogP contribution is -2.30. The Hall–Kier alpha value is -1.05. The molecule has 1 N–H and O–H groups in total. The van der Waals surface area contributed by atoms with Crippen LogP contribution in [-0.4, -0.2) is 4.98 Å². The van der Waals surface area contributed by atoms with Gasteiger partial charge in [-0.2, -0.15) is 0 Å². The zero-order valence-corrected chi connectivity index (χ0v) is 10.6. The average molecular weight is 219 g/mol. The molecule has 1 atom stereocenters.